The molecule has 2 atom stereocenters. The van der Waals surface area contributed by atoms with Crippen LogP contribution in [-0.4, -0.2) is 61.6 Å². The highest BCUT2D eigenvalue weighted by molar-refractivity contribution is 5.78. The van der Waals surface area contributed by atoms with Crippen LogP contribution < -0.4 is 10.1 Å². The van der Waals surface area contributed by atoms with Gasteiger partial charge in [0, 0.05) is 38.8 Å². The molecule has 1 aliphatic carbocycles. The van der Waals surface area contributed by atoms with E-state index in [0.717, 1.165) is 57.2 Å². The third kappa shape index (κ3) is 5.71. The average Bonchev–Trinajstić information content (AvgIpc) is 2.64. The molecule has 5 nitrogen and oxygen atoms in total. The first-order valence-corrected chi connectivity index (χ1v) is 9.99. The lowest BCUT2D eigenvalue weighted by Gasteiger charge is -2.35. The summed E-state index contributed by atoms with van der Waals surface area (Å²) in [6.07, 6.45) is 4.84. The number of hydrogen-bond donors (Lipinski definition) is 1. The van der Waals surface area contributed by atoms with Crippen molar-refractivity contribution in [3.05, 3.63) is 29.8 Å². The number of nitrogens with zero attached hydrogens (tertiary/aromatic N) is 2. The van der Waals surface area contributed by atoms with Crippen LogP contribution in [0.3, 0.4) is 0 Å². The second-order valence-electron chi connectivity index (χ2n) is 7.94. The van der Waals surface area contributed by atoms with E-state index in [-0.39, 0.29) is 5.91 Å². The van der Waals surface area contributed by atoms with Crippen LogP contribution in [0.25, 0.3) is 0 Å². The molecule has 1 aromatic rings. The molecule has 2 unspecified atom stereocenters. The Morgan fingerprint density at radius 2 is 1.81 bits per heavy atom. The molecule has 2 fully saturated rings. The summed E-state index contributed by atoms with van der Waals surface area (Å²) in [5.74, 6) is 1.85. The van der Waals surface area contributed by atoms with Crippen LogP contribution in [0.4, 0.5) is 0 Å². The van der Waals surface area contributed by atoms with E-state index in [1.807, 2.05) is 12.1 Å². The molecule has 3 rings (SSSR count). The van der Waals surface area contributed by atoms with Gasteiger partial charge in [-0.3, -0.25) is 14.6 Å². The minimum atomic E-state index is 0.202. The zero-order valence-corrected chi connectivity index (χ0v) is 16.2. The van der Waals surface area contributed by atoms with Gasteiger partial charge in [-0.1, -0.05) is 31.9 Å². The summed E-state index contributed by atoms with van der Waals surface area (Å²) in [5.41, 5.74) is 1.31. The van der Waals surface area contributed by atoms with Gasteiger partial charge < -0.3 is 10.1 Å². The number of carbonyl (C=O) groups excluding carboxylic acids is 1. The van der Waals surface area contributed by atoms with Gasteiger partial charge >= 0.3 is 0 Å². The SMILES string of the molecule is COc1ccc(CN2CCN(CC(=O)NC3CCCC(C)C3)CC2)cc1. The lowest BCUT2D eigenvalue weighted by molar-refractivity contribution is -0.123. The summed E-state index contributed by atoms with van der Waals surface area (Å²) in [6.45, 7) is 7.75. The van der Waals surface area contributed by atoms with Gasteiger partial charge in [0.05, 0.1) is 13.7 Å². The number of methoxy groups -OCH3 is 1. The Morgan fingerprint density at radius 1 is 1.12 bits per heavy atom. The topological polar surface area (TPSA) is 44.8 Å². The van der Waals surface area contributed by atoms with Gasteiger partial charge in [0.1, 0.15) is 5.75 Å². The minimum absolute atomic E-state index is 0.202. The predicted molar refractivity (Wildman–Crippen MR) is 104 cm³/mol. The standard InChI is InChI=1S/C21H33N3O2/c1-17-4-3-5-19(14-17)22-21(25)16-24-12-10-23(11-13-24)15-18-6-8-20(26-2)9-7-18/h6-9,17,19H,3-5,10-16H2,1-2H3,(H,22,25). The summed E-state index contributed by atoms with van der Waals surface area (Å²) >= 11 is 0. The molecular weight excluding hydrogens is 326 g/mol. The molecule has 1 aliphatic heterocycles. The molecule has 1 aromatic carbocycles. The highest BCUT2D eigenvalue weighted by atomic mass is 16.5. The summed E-state index contributed by atoms with van der Waals surface area (Å²) in [7, 11) is 1.69. The van der Waals surface area contributed by atoms with Crippen LogP contribution in [-0.2, 0) is 11.3 Å². The second kappa shape index (κ2) is 9.38. The summed E-state index contributed by atoms with van der Waals surface area (Å²) < 4.78 is 5.21. The monoisotopic (exact) mass is 359 g/mol. The van der Waals surface area contributed by atoms with Crippen molar-refractivity contribution in [2.24, 2.45) is 5.92 Å². The molecule has 0 bridgehead atoms. The number of rotatable bonds is 6. The fourth-order valence-corrected chi connectivity index (χ4v) is 4.14. The van der Waals surface area contributed by atoms with E-state index < -0.39 is 0 Å². The Morgan fingerprint density at radius 3 is 2.46 bits per heavy atom. The maximum Gasteiger partial charge on any atom is 0.234 e. The van der Waals surface area contributed by atoms with Crippen LogP contribution in [0.15, 0.2) is 24.3 Å². The van der Waals surface area contributed by atoms with E-state index in [2.05, 4.69) is 34.2 Å². The van der Waals surface area contributed by atoms with Crippen molar-refractivity contribution < 1.29 is 9.53 Å². The van der Waals surface area contributed by atoms with Crippen molar-refractivity contribution >= 4 is 5.91 Å². The number of hydrogen-bond acceptors (Lipinski definition) is 4. The van der Waals surface area contributed by atoms with E-state index in [1.54, 1.807) is 7.11 Å². The smallest absolute Gasteiger partial charge is 0.234 e. The van der Waals surface area contributed by atoms with Gasteiger partial charge in [0.2, 0.25) is 5.91 Å². The molecular formula is C21H33N3O2. The van der Waals surface area contributed by atoms with E-state index in [4.69, 9.17) is 4.74 Å². The molecule has 144 valence electrons. The molecule has 1 saturated heterocycles. The van der Waals surface area contributed by atoms with Crippen LogP contribution in [0.5, 0.6) is 5.75 Å². The van der Waals surface area contributed by atoms with Crippen molar-refractivity contribution in [1.82, 2.24) is 15.1 Å². The summed E-state index contributed by atoms with van der Waals surface area (Å²) in [4.78, 5) is 17.1. The second-order valence-corrected chi connectivity index (χ2v) is 7.94. The van der Waals surface area contributed by atoms with Gasteiger partial charge in [0.25, 0.3) is 0 Å². The van der Waals surface area contributed by atoms with Gasteiger partial charge in [-0.05, 0) is 36.5 Å². The first kappa shape index (κ1) is 19.2. The van der Waals surface area contributed by atoms with Crippen molar-refractivity contribution in [3.63, 3.8) is 0 Å². The Kier molecular flexibility index (Phi) is 6.92. The zero-order chi connectivity index (χ0) is 18.4. The fraction of sp³-hybridized carbons (Fsp3) is 0.667. The molecule has 0 spiro atoms. The minimum Gasteiger partial charge on any atom is -0.497 e. The molecule has 5 heteroatoms. The van der Waals surface area contributed by atoms with Crippen LogP contribution in [0.2, 0.25) is 0 Å². The Balaban J connectivity index is 1.37. The number of carbonyl (C=O) groups is 1. The Hall–Kier alpha value is -1.59. The fourth-order valence-electron chi connectivity index (χ4n) is 4.14. The number of ether oxygens (including phenoxy) is 1. The maximum atomic E-state index is 12.3. The van der Waals surface area contributed by atoms with E-state index >= 15 is 0 Å². The van der Waals surface area contributed by atoms with Crippen LogP contribution in [0, 0.1) is 5.92 Å². The van der Waals surface area contributed by atoms with Crippen molar-refractivity contribution in [2.75, 3.05) is 39.8 Å². The first-order chi connectivity index (χ1) is 12.6. The van der Waals surface area contributed by atoms with Gasteiger partial charge in [-0.25, -0.2) is 0 Å². The third-order valence-electron chi connectivity index (χ3n) is 5.70. The highest BCUT2D eigenvalue weighted by Gasteiger charge is 2.23. The number of piperazine rings is 1. The molecule has 2 aliphatic rings. The highest BCUT2D eigenvalue weighted by Crippen LogP contribution is 2.23. The number of benzene rings is 1. The molecule has 1 N–H and O–H groups in total. The average molecular weight is 360 g/mol. The van der Waals surface area contributed by atoms with E-state index in [0.29, 0.717) is 12.6 Å². The molecule has 0 radical (unpaired) electrons. The number of amides is 1. The Bertz CT molecular complexity index is 567. The molecule has 0 aromatic heterocycles. The molecule has 1 heterocycles. The Labute approximate surface area is 157 Å². The van der Waals surface area contributed by atoms with Crippen molar-refractivity contribution in [2.45, 2.75) is 45.2 Å². The van der Waals surface area contributed by atoms with Gasteiger partial charge in [0.15, 0.2) is 0 Å². The largest absolute Gasteiger partial charge is 0.497 e. The summed E-state index contributed by atoms with van der Waals surface area (Å²) in [5, 5.41) is 3.25. The normalized spacial score (nSPS) is 25.0. The van der Waals surface area contributed by atoms with Crippen molar-refractivity contribution in [1.29, 1.82) is 0 Å². The quantitative estimate of drug-likeness (QED) is 0.848. The van der Waals surface area contributed by atoms with E-state index in [1.165, 1.54) is 18.4 Å². The van der Waals surface area contributed by atoms with E-state index in [9.17, 15) is 4.79 Å². The first-order valence-electron chi connectivity index (χ1n) is 9.99. The van der Waals surface area contributed by atoms with Gasteiger partial charge in [-0.2, -0.15) is 0 Å². The zero-order valence-electron chi connectivity index (χ0n) is 16.2. The van der Waals surface area contributed by atoms with Crippen LogP contribution >= 0.6 is 0 Å². The van der Waals surface area contributed by atoms with Gasteiger partial charge in [-0.15, -0.1) is 0 Å². The predicted octanol–water partition coefficient (Wildman–Crippen LogP) is 2.51. The third-order valence-corrected chi connectivity index (χ3v) is 5.70. The van der Waals surface area contributed by atoms with Crippen LogP contribution in [0.1, 0.15) is 38.2 Å². The lowest BCUT2D eigenvalue weighted by atomic mass is 9.87. The molecule has 1 amide bonds. The summed E-state index contributed by atoms with van der Waals surface area (Å²) in [6, 6.07) is 8.68. The number of nitrogens with one attached hydrogen (secondary N) is 1. The molecule has 26 heavy (non-hydrogen) atoms. The lowest BCUT2D eigenvalue weighted by Crippen LogP contribution is -2.50. The molecule has 1 saturated carbocycles. The maximum absolute atomic E-state index is 12.3. The van der Waals surface area contributed by atoms with Crippen molar-refractivity contribution in [3.8, 4) is 5.75 Å².